The molecule has 5 heteroatoms. The molecular weight excluding hydrogens is 288 g/mol. The van der Waals surface area contributed by atoms with Crippen molar-refractivity contribution in [2.45, 2.75) is 26.4 Å². The summed E-state index contributed by atoms with van der Waals surface area (Å²) in [7, 11) is 0. The SMILES string of the molecule is CC(C)NCc1ncc(-c2csc(Br)c2)o1. The maximum Gasteiger partial charge on any atom is 0.208 e. The number of halogens is 1. The number of nitrogens with one attached hydrogen (secondary N) is 1. The van der Waals surface area contributed by atoms with E-state index < -0.39 is 0 Å². The Morgan fingerprint density at radius 2 is 2.38 bits per heavy atom. The first-order valence-corrected chi connectivity index (χ1v) is 6.75. The van der Waals surface area contributed by atoms with Gasteiger partial charge in [0.1, 0.15) is 0 Å². The maximum absolute atomic E-state index is 5.65. The standard InChI is InChI=1S/C11H13BrN2OS/c1-7(2)13-5-11-14-4-9(15-11)8-3-10(12)16-6-8/h3-4,6-7,13H,5H2,1-2H3. The van der Waals surface area contributed by atoms with E-state index >= 15 is 0 Å². The van der Waals surface area contributed by atoms with Gasteiger partial charge in [-0.1, -0.05) is 13.8 Å². The minimum Gasteiger partial charge on any atom is -0.439 e. The van der Waals surface area contributed by atoms with Crippen LogP contribution in [0.4, 0.5) is 0 Å². The van der Waals surface area contributed by atoms with Crippen LogP contribution in [0, 0.1) is 0 Å². The number of oxazole rings is 1. The van der Waals surface area contributed by atoms with Gasteiger partial charge in [-0.3, -0.25) is 0 Å². The molecule has 0 saturated heterocycles. The van der Waals surface area contributed by atoms with Crippen LogP contribution in [-0.4, -0.2) is 11.0 Å². The zero-order valence-electron chi connectivity index (χ0n) is 9.16. The molecule has 0 bridgehead atoms. The van der Waals surface area contributed by atoms with Crippen LogP contribution in [0.15, 0.2) is 25.8 Å². The Bertz CT molecular complexity index is 464. The highest BCUT2D eigenvalue weighted by molar-refractivity contribution is 9.11. The van der Waals surface area contributed by atoms with Crippen LogP contribution in [0.1, 0.15) is 19.7 Å². The summed E-state index contributed by atoms with van der Waals surface area (Å²) in [6, 6.07) is 2.47. The average Bonchev–Trinajstić information content (AvgIpc) is 2.83. The largest absolute Gasteiger partial charge is 0.439 e. The van der Waals surface area contributed by atoms with Crippen LogP contribution in [-0.2, 0) is 6.54 Å². The first-order chi connectivity index (χ1) is 7.65. The molecule has 0 aromatic carbocycles. The lowest BCUT2D eigenvalue weighted by atomic mass is 10.3. The summed E-state index contributed by atoms with van der Waals surface area (Å²) in [5.41, 5.74) is 1.07. The van der Waals surface area contributed by atoms with Gasteiger partial charge in [0.25, 0.3) is 0 Å². The molecule has 0 aliphatic rings. The van der Waals surface area contributed by atoms with Crippen LogP contribution in [0.5, 0.6) is 0 Å². The Morgan fingerprint density at radius 3 is 3.00 bits per heavy atom. The third kappa shape index (κ3) is 2.93. The fourth-order valence-corrected chi connectivity index (χ4v) is 2.40. The summed E-state index contributed by atoms with van der Waals surface area (Å²) in [5.74, 6) is 1.55. The van der Waals surface area contributed by atoms with Crippen molar-refractivity contribution in [3.05, 3.63) is 27.3 Å². The number of nitrogens with zero attached hydrogens (tertiary/aromatic N) is 1. The Balaban J connectivity index is 2.07. The van der Waals surface area contributed by atoms with Crippen LogP contribution in [0.2, 0.25) is 0 Å². The summed E-state index contributed by atoms with van der Waals surface area (Å²) in [4.78, 5) is 4.23. The number of thiophene rings is 1. The van der Waals surface area contributed by atoms with E-state index in [0.717, 1.165) is 21.0 Å². The Hall–Kier alpha value is -0.650. The van der Waals surface area contributed by atoms with Gasteiger partial charge < -0.3 is 9.73 Å². The molecule has 0 aliphatic carbocycles. The van der Waals surface area contributed by atoms with Gasteiger partial charge in [0.05, 0.1) is 16.5 Å². The highest BCUT2D eigenvalue weighted by Gasteiger charge is 2.08. The number of hydrogen-bond acceptors (Lipinski definition) is 4. The number of hydrogen-bond donors (Lipinski definition) is 1. The zero-order valence-corrected chi connectivity index (χ0v) is 11.6. The molecule has 2 aromatic heterocycles. The molecule has 0 aliphatic heterocycles. The molecular formula is C11H13BrN2OS. The first kappa shape index (κ1) is 11.8. The van der Waals surface area contributed by atoms with Gasteiger partial charge in [0.2, 0.25) is 5.89 Å². The van der Waals surface area contributed by atoms with Crippen molar-refractivity contribution >= 4 is 27.3 Å². The molecule has 0 amide bonds. The lowest BCUT2D eigenvalue weighted by Crippen LogP contribution is -2.21. The summed E-state index contributed by atoms with van der Waals surface area (Å²) in [5, 5.41) is 5.31. The second-order valence-electron chi connectivity index (χ2n) is 3.79. The van der Waals surface area contributed by atoms with E-state index in [4.69, 9.17) is 4.42 Å². The number of aromatic nitrogens is 1. The van der Waals surface area contributed by atoms with Gasteiger partial charge in [-0.25, -0.2) is 4.98 Å². The first-order valence-electron chi connectivity index (χ1n) is 5.07. The van der Waals surface area contributed by atoms with Gasteiger partial charge in [-0.2, -0.15) is 0 Å². The predicted molar refractivity (Wildman–Crippen MR) is 69.5 cm³/mol. The van der Waals surface area contributed by atoms with E-state index in [-0.39, 0.29) is 0 Å². The van der Waals surface area contributed by atoms with Crippen LogP contribution >= 0.6 is 27.3 Å². The van der Waals surface area contributed by atoms with Crippen molar-refractivity contribution in [1.82, 2.24) is 10.3 Å². The second-order valence-corrected chi connectivity index (χ2v) is 6.08. The van der Waals surface area contributed by atoms with Gasteiger partial charge in [0, 0.05) is 17.0 Å². The van der Waals surface area contributed by atoms with Gasteiger partial charge >= 0.3 is 0 Å². The van der Waals surface area contributed by atoms with Gasteiger partial charge in [-0.15, -0.1) is 11.3 Å². The van der Waals surface area contributed by atoms with Crippen molar-refractivity contribution in [2.24, 2.45) is 0 Å². The topological polar surface area (TPSA) is 38.1 Å². The van der Waals surface area contributed by atoms with E-state index in [1.165, 1.54) is 0 Å². The third-order valence-electron chi connectivity index (χ3n) is 2.07. The summed E-state index contributed by atoms with van der Waals surface area (Å²) in [6.45, 7) is 4.86. The van der Waals surface area contributed by atoms with Crippen molar-refractivity contribution in [1.29, 1.82) is 0 Å². The van der Waals surface area contributed by atoms with Crippen LogP contribution in [0.3, 0.4) is 0 Å². The van der Waals surface area contributed by atoms with Crippen molar-refractivity contribution in [2.75, 3.05) is 0 Å². The second kappa shape index (κ2) is 5.12. The number of rotatable bonds is 4. The molecule has 0 spiro atoms. The van der Waals surface area contributed by atoms with E-state index in [0.29, 0.717) is 12.6 Å². The maximum atomic E-state index is 5.65. The van der Waals surface area contributed by atoms with Crippen molar-refractivity contribution < 1.29 is 4.42 Å². The molecule has 86 valence electrons. The van der Waals surface area contributed by atoms with Crippen molar-refractivity contribution in [3.8, 4) is 11.3 Å². The van der Waals surface area contributed by atoms with Gasteiger partial charge in [0.15, 0.2) is 5.76 Å². The lowest BCUT2D eigenvalue weighted by molar-refractivity contribution is 0.459. The fourth-order valence-electron chi connectivity index (χ4n) is 1.26. The van der Waals surface area contributed by atoms with E-state index in [1.807, 2.05) is 11.4 Å². The van der Waals surface area contributed by atoms with Gasteiger partial charge in [-0.05, 0) is 22.0 Å². The average molecular weight is 301 g/mol. The summed E-state index contributed by atoms with van der Waals surface area (Å²) >= 11 is 5.07. The molecule has 0 radical (unpaired) electrons. The molecule has 2 rings (SSSR count). The highest BCUT2D eigenvalue weighted by Crippen LogP contribution is 2.29. The van der Waals surface area contributed by atoms with E-state index in [1.54, 1.807) is 17.5 Å². The van der Waals surface area contributed by atoms with E-state index in [2.05, 4.69) is 40.1 Å². The molecule has 0 unspecified atom stereocenters. The van der Waals surface area contributed by atoms with Crippen LogP contribution in [0.25, 0.3) is 11.3 Å². The fraction of sp³-hybridized carbons (Fsp3) is 0.364. The van der Waals surface area contributed by atoms with Crippen LogP contribution < -0.4 is 5.32 Å². The Morgan fingerprint density at radius 1 is 1.56 bits per heavy atom. The summed E-state index contributed by atoms with van der Waals surface area (Å²) < 4.78 is 6.74. The highest BCUT2D eigenvalue weighted by atomic mass is 79.9. The minimum atomic E-state index is 0.436. The third-order valence-corrected chi connectivity index (χ3v) is 3.57. The molecule has 16 heavy (non-hydrogen) atoms. The summed E-state index contributed by atoms with van der Waals surface area (Å²) in [6.07, 6.45) is 1.77. The lowest BCUT2D eigenvalue weighted by Gasteiger charge is -2.03. The smallest absolute Gasteiger partial charge is 0.208 e. The molecule has 0 atom stereocenters. The molecule has 2 aromatic rings. The molecule has 0 fully saturated rings. The Kier molecular flexibility index (Phi) is 3.78. The zero-order chi connectivity index (χ0) is 11.5. The van der Waals surface area contributed by atoms with E-state index in [9.17, 15) is 0 Å². The molecule has 0 saturated carbocycles. The van der Waals surface area contributed by atoms with Crippen molar-refractivity contribution in [3.63, 3.8) is 0 Å². The predicted octanol–water partition coefficient (Wildman–Crippen LogP) is 3.66. The monoisotopic (exact) mass is 300 g/mol. The Labute approximate surface area is 107 Å². The quantitative estimate of drug-likeness (QED) is 0.936. The molecule has 1 N–H and O–H groups in total. The normalized spacial score (nSPS) is 11.2. The molecule has 3 nitrogen and oxygen atoms in total. The minimum absolute atomic E-state index is 0.436. The molecule has 2 heterocycles.